The van der Waals surface area contributed by atoms with Crippen LogP contribution in [0.25, 0.3) is 0 Å². The first-order chi connectivity index (χ1) is 18.5. The molecule has 0 aliphatic carbocycles. The quantitative estimate of drug-likeness (QED) is 0.145. The first-order valence-electron chi connectivity index (χ1n) is 12.0. The second-order valence-corrected chi connectivity index (χ2v) is 9.52. The molecule has 0 spiro atoms. The van der Waals surface area contributed by atoms with Gasteiger partial charge in [0.15, 0.2) is 11.5 Å². The molecule has 4 rings (SSSR count). The average Bonchev–Trinajstić information content (AvgIpc) is 2.93. The van der Waals surface area contributed by atoms with E-state index in [1.54, 1.807) is 42.5 Å². The van der Waals surface area contributed by atoms with Gasteiger partial charge in [-0.2, -0.15) is 5.10 Å². The van der Waals surface area contributed by atoms with E-state index in [1.165, 1.54) is 6.21 Å². The summed E-state index contributed by atoms with van der Waals surface area (Å²) in [6.45, 7) is 3.17. The number of benzene rings is 4. The number of ether oxygens (including phenoxy) is 3. The van der Waals surface area contributed by atoms with Crippen LogP contribution in [0.5, 0.6) is 17.2 Å². The highest BCUT2D eigenvalue weighted by Gasteiger charge is 2.10. The predicted octanol–water partition coefficient (Wildman–Crippen LogP) is 7.42. The van der Waals surface area contributed by atoms with E-state index in [2.05, 4.69) is 26.5 Å². The second kappa shape index (κ2) is 13.7. The summed E-state index contributed by atoms with van der Waals surface area (Å²) in [6, 6.07) is 27.9. The Bertz CT molecular complexity index is 1400. The molecule has 8 heteroatoms. The van der Waals surface area contributed by atoms with Crippen molar-refractivity contribution < 1.29 is 19.0 Å². The molecule has 4 aromatic rings. The zero-order valence-electron chi connectivity index (χ0n) is 20.7. The number of hydrazone groups is 1. The van der Waals surface area contributed by atoms with Gasteiger partial charge in [0.05, 0.1) is 12.8 Å². The first kappa shape index (κ1) is 27.2. The van der Waals surface area contributed by atoms with Gasteiger partial charge in [-0.05, 0) is 72.6 Å². The summed E-state index contributed by atoms with van der Waals surface area (Å²) in [7, 11) is 0. The number of nitrogens with zero attached hydrogens (tertiary/aromatic N) is 1. The standard InChI is InChI=1S/C30H26BrClN2O4/c1-2-36-29-16-22(8-14-28(29)38-19-21-6-4-3-5-7-21)20-37-27-15-13-26(32)17-24(27)18-33-34-30(35)23-9-11-25(31)12-10-23/h3-18H,2,19-20H2,1H3,(H,34,35)/b33-18+. The molecular formula is C30H26BrClN2O4. The molecule has 0 bridgehead atoms. The van der Waals surface area contributed by atoms with Crippen LogP contribution in [0.4, 0.5) is 0 Å². The Morgan fingerprint density at radius 3 is 2.32 bits per heavy atom. The van der Waals surface area contributed by atoms with Crippen LogP contribution in [-0.4, -0.2) is 18.7 Å². The molecule has 1 N–H and O–H groups in total. The third-order valence-corrected chi connectivity index (χ3v) is 6.15. The van der Waals surface area contributed by atoms with Crippen LogP contribution in [0, 0.1) is 0 Å². The van der Waals surface area contributed by atoms with Crippen molar-refractivity contribution in [2.75, 3.05) is 6.61 Å². The lowest BCUT2D eigenvalue weighted by molar-refractivity contribution is 0.0955. The number of rotatable bonds is 11. The van der Waals surface area contributed by atoms with Crippen molar-refractivity contribution in [3.63, 3.8) is 0 Å². The smallest absolute Gasteiger partial charge is 0.271 e. The van der Waals surface area contributed by atoms with Gasteiger partial charge in [0.25, 0.3) is 5.91 Å². The van der Waals surface area contributed by atoms with Crippen molar-refractivity contribution in [1.82, 2.24) is 5.43 Å². The van der Waals surface area contributed by atoms with Crippen molar-refractivity contribution in [3.8, 4) is 17.2 Å². The Labute approximate surface area is 235 Å². The molecule has 0 atom stereocenters. The SMILES string of the molecule is CCOc1cc(COc2ccc(Cl)cc2/C=N/NC(=O)c2ccc(Br)cc2)ccc1OCc1ccccc1. The Kier molecular flexibility index (Phi) is 9.78. The molecule has 0 aromatic heterocycles. The van der Waals surface area contributed by atoms with Gasteiger partial charge in [-0.25, -0.2) is 5.43 Å². The van der Waals surface area contributed by atoms with Crippen molar-refractivity contribution in [1.29, 1.82) is 0 Å². The minimum absolute atomic E-state index is 0.284. The lowest BCUT2D eigenvalue weighted by Gasteiger charge is -2.14. The van der Waals surface area contributed by atoms with E-state index in [-0.39, 0.29) is 12.5 Å². The summed E-state index contributed by atoms with van der Waals surface area (Å²) >= 11 is 9.55. The number of halogens is 2. The fraction of sp³-hybridized carbons (Fsp3) is 0.133. The predicted molar refractivity (Wildman–Crippen MR) is 153 cm³/mol. The van der Waals surface area contributed by atoms with Gasteiger partial charge in [0.2, 0.25) is 0 Å². The monoisotopic (exact) mass is 592 g/mol. The molecule has 4 aromatic carbocycles. The topological polar surface area (TPSA) is 69.2 Å². The highest BCUT2D eigenvalue weighted by Crippen LogP contribution is 2.30. The van der Waals surface area contributed by atoms with Gasteiger partial charge in [-0.15, -0.1) is 0 Å². The van der Waals surface area contributed by atoms with E-state index in [4.69, 9.17) is 25.8 Å². The molecule has 0 aliphatic heterocycles. The molecule has 6 nitrogen and oxygen atoms in total. The summed E-state index contributed by atoms with van der Waals surface area (Å²) in [5.41, 5.74) is 5.63. The fourth-order valence-corrected chi connectivity index (χ4v) is 3.95. The molecule has 194 valence electrons. The van der Waals surface area contributed by atoms with E-state index >= 15 is 0 Å². The molecule has 38 heavy (non-hydrogen) atoms. The van der Waals surface area contributed by atoms with Gasteiger partial charge in [0.1, 0.15) is 19.0 Å². The van der Waals surface area contributed by atoms with Crippen molar-refractivity contribution in [3.05, 3.63) is 123 Å². The average molecular weight is 594 g/mol. The number of carbonyl (C=O) groups is 1. The molecule has 0 radical (unpaired) electrons. The lowest BCUT2D eigenvalue weighted by Crippen LogP contribution is -2.17. The Morgan fingerprint density at radius 1 is 0.842 bits per heavy atom. The van der Waals surface area contributed by atoms with Gasteiger partial charge in [0, 0.05) is 20.6 Å². The highest BCUT2D eigenvalue weighted by molar-refractivity contribution is 9.10. The van der Waals surface area contributed by atoms with Gasteiger partial charge in [-0.3, -0.25) is 4.79 Å². The van der Waals surface area contributed by atoms with E-state index in [1.807, 2.05) is 55.5 Å². The maximum atomic E-state index is 12.3. The van der Waals surface area contributed by atoms with Gasteiger partial charge >= 0.3 is 0 Å². The number of carbonyl (C=O) groups excluding carboxylic acids is 1. The van der Waals surface area contributed by atoms with Crippen LogP contribution in [0.15, 0.2) is 101 Å². The third-order valence-electron chi connectivity index (χ3n) is 5.39. The minimum atomic E-state index is -0.323. The van der Waals surface area contributed by atoms with E-state index in [0.717, 1.165) is 15.6 Å². The lowest BCUT2D eigenvalue weighted by atomic mass is 10.2. The fourth-order valence-electron chi connectivity index (χ4n) is 3.50. The van der Waals surface area contributed by atoms with Crippen molar-refractivity contribution in [2.45, 2.75) is 20.1 Å². The summed E-state index contributed by atoms with van der Waals surface area (Å²) < 4.78 is 18.8. The molecule has 1 amide bonds. The molecular weight excluding hydrogens is 568 g/mol. The van der Waals surface area contributed by atoms with Crippen molar-refractivity contribution >= 4 is 39.7 Å². The number of hydrogen-bond acceptors (Lipinski definition) is 5. The maximum absolute atomic E-state index is 12.3. The van der Waals surface area contributed by atoms with Gasteiger partial charge < -0.3 is 14.2 Å². The van der Waals surface area contributed by atoms with Crippen LogP contribution >= 0.6 is 27.5 Å². The number of amides is 1. The molecule has 0 heterocycles. The van der Waals surface area contributed by atoms with Crippen LogP contribution in [-0.2, 0) is 13.2 Å². The Morgan fingerprint density at radius 2 is 1.55 bits per heavy atom. The second-order valence-electron chi connectivity index (χ2n) is 8.17. The molecule has 0 aliphatic rings. The molecule has 0 unspecified atom stereocenters. The van der Waals surface area contributed by atoms with Crippen LogP contribution in [0.2, 0.25) is 5.02 Å². The van der Waals surface area contributed by atoms with Crippen LogP contribution in [0.1, 0.15) is 34.0 Å². The zero-order chi connectivity index (χ0) is 26.7. The van der Waals surface area contributed by atoms with Crippen LogP contribution < -0.4 is 19.6 Å². The summed E-state index contributed by atoms with van der Waals surface area (Å²) in [5, 5.41) is 4.61. The largest absolute Gasteiger partial charge is 0.490 e. The van der Waals surface area contributed by atoms with Gasteiger partial charge in [-0.1, -0.05) is 63.9 Å². The number of nitrogens with one attached hydrogen (secondary N) is 1. The summed E-state index contributed by atoms with van der Waals surface area (Å²) in [4.78, 5) is 12.3. The van der Waals surface area contributed by atoms with E-state index in [0.29, 0.717) is 46.6 Å². The first-order valence-corrected chi connectivity index (χ1v) is 13.1. The van der Waals surface area contributed by atoms with E-state index in [9.17, 15) is 4.79 Å². The Hall–Kier alpha value is -3.81. The van der Waals surface area contributed by atoms with E-state index < -0.39 is 0 Å². The molecule has 0 saturated heterocycles. The number of hydrogen-bond donors (Lipinski definition) is 1. The minimum Gasteiger partial charge on any atom is -0.490 e. The Balaban J connectivity index is 1.41. The zero-order valence-corrected chi connectivity index (χ0v) is 23.0. The summed E-state index contributed by atoms with van der Waals surface area (Å²) in [5.74, 6) is 1.56. The van der Waals surface area contributed by atoms with Crippen LogP contribution in [0.3, 0.4) is 0 Å². The summed E-state index contributed by atoms with van der Waals surface area (Å²) in [6.07, 6.45) is 1.50. The third kappa shape index (κ3) is 7.84. The van der Waals surface area contributed by atoms with Crippen molar-refractivity contribution in [2.24, 2.45) is 5.10 Å². The molecule has 0 saturated carbocycles. The maximum Gasteiger partial charge on any atom is 0.271 e. The molecule has 0 fully saturated rings. The highest BCUT2D eigenvalue weighted by atomic mass is 79.9. The normalized spacial score (nSPS) is 10.8.